The van der Waals surface area contributed by atoms with Crippen LogP contribution < -0.4 is 0 Å². The van der Waals surface area contributed by atoms with E-state index in [0.717, 1.165) is 27.7 Å². The SMILES string of the molecule is CCS(=O)(=O)n1cc(-c2cccc3nc(Cc4ccc(CCCN5CCCC5)cc4)nn23)cn1. The van der Waals surface area contributed by atoms with Gasteiger partial charge in [0.15, 0.2) is 11.5 Å². The summed E-state index contributed by atoms with van der Waals surface area (Å²) in [6.45, 7) is 5.31. The fourth-order valence-electron chi connectivity index (χ4n) is 4.48. The molecule has 0 spiro atoms. The highest BCUT2D eigenvalue weighted by atomic mass is 32.2. The Bertz CT molecular complexity index is 1370. The Hall–Kier alpha value is -3.04. The first-order valence-electron chi connectivity index (χ1n) is 11.9. The minimum Gasteiger partial charge on any atom is -0.303 e. The van der Waals surface area contributed by atoms with Gasteiger partial charge in [0.2, 0.25) is 0 Å². The molecule has 178 valence electrons. The molecule has 1 aliphatic heterocycles. The maximum Gasteiger partial charge on any atom is 0.253 e. The molecule has 0 aliphatic carbocycles. The second kappa shape index (κ2) is 9.68. The van der Waals surface area contributed by atoms with Gasteiger partial charge in [0.25, 0.3) is 10.0 Å². The van der Waals surface area contributed by atoms with Gasteiger partial charge in [-0.15, -0.1) is 0 Å². The van der Waals surface area contributed by atoms with Crippen LogP contribution in [-0.4, -0.2) is 62.5 Å². The molecule has 5 rings (SSSR count). The van der Waals surface area contributed by atoms with Gasteiger partial charge in [-0.2, -0.15) is 14.3 Å². The van der Waals surface area contributed by atoms with Crippen molar-refractivity contribution in [1.29, 1.82) is 0 Å². The Morgan fingerprint density at radius 1 is 1.00 bits per heavy atom. The minimum atomic E-state index is -3.43. The minimum absolute atomic E-state index is 0.0109. The maximum absolute atomic E-state index is 12.1. The van der Waals surface area contributed by atoms with Crippen LogP contribution in [0.4, 0.5) is 0 Å². The molecule has 0 amide bonds. The van der Waals surface area contributed by atoms with E-state index >= 15 is 0 Å². The predicted octanol–water partition coefficient (Wildman–Crippen LogP) is 3.41. The van der Waals surface area contributed by atoms with Gasteiger partial charge >= 0.3 is 0 Å². The second-order valence-corrected chi connectivity index (χ2v) is 11.0. The van der Waals surface area contributed by atoms with Crippen molar-refractivity contribution in [3.8, 4) is 11.3 Å². The lowest BCUT2D eigenvalue weighted by Gasteiger charge is -2.13. The topological polar surface area (TPSA) is 85.4 Å². The monoisotopic (exact) mass is 478 g/mol. The van der Waals surface area contributed by atoms with E-state index in [1.807, 2.05) is 18.2 Å². The fourth-order valence-corrected chi connectivity index (χ4v) is 5.21. The van der Waals surface area contributed by atoms with Crippen molar-refractivity contribution in [2.75, 3.05) is 25.4 Å². The summed E-state index contributed by atoms with van der Waals surface area (Å²) in [5, 5.41) is 8.74. The number of pyridine rings is 1. The number of rotatable bonds is 9. The molecule has 34 heavy (non-hydrogen) atoms. The summed E-state index contributed by atoms with van der Waals surface area (Å²) in [5.74, 6) is 0.714. The quantitative estimate of drug-likeness (QED) is 0.367. The Kier molecular flexibility index (Phi) is 6.47. The Morgan fingerprint density at radius 3 is 2.53 bits per heavy atom. The lowest BCUT2D eigenvalue weighted by atomic mass is 10.1. The molecule has 0 unspecified atom stereocenters. The van der Waals surface area contributed by atoms with Crippen molar-refractivity contribution in [3.63, 3.8) is 0 Å². The number of nitrogens with zero attached hydrogens (tertiary/aromatic N) is 6. The standard InChI is InChI=1S/C25H30N6O2S/c1-2-34(32,33)30-19-22(18-26-30)23-8-5-9-25-27-24(28-31(23)25)17-21-12-10-20(11-13-21)7-6-16-29-14-3-4-15-29/h5,8-13,18-19H,2-4,6-7,14-17H2,1H3. The van der Waals surface area contributed by atoms with Crippen molar-refractivity contribution in [1.82, 2.24) is 28.7 Å². The van der Waals surface area contributed by atoms with Crippen molar-refractivity contribution < 1.29 is 8.42 Å². The van der Waals surface area contributed by atoms with Crippen LogP contribution in [0, 0.1) is 0 Å². The number of aryl methyl sites for hydroxylation is 1. The van der Waals surface area contributed by atoms with Crippen LogP contribution in [0.25, 0.3) is 16.9 Å². The van der Waals surface area contributed by atoms with E-state index in [0.29, 0.717) is 12.0 Å². The lowest BCUT2D eigenvalue weighted by molar-refractivity contribution is 0.334. The average Bonchev–Trinajstić information content (AvgIpc) is 3.61. The van der Waals surface area contributed by atoms with Gasteiger partial charge < -0.3 is 4.90 Å². The van der Waals surface area contributed by atoms with Gasteiger partial charge in [-0.3, -0.25) is 0 Å². The van der Waals surface area contributed by atoms with E-state index in [1.54, 1.807) is 17.6 Å². The summed E-state index contributed by atoms with van der Waals surface area (Å²) < 4.78 is 27.0. The second-order valence-electron chi connectivity index (χ2n) is 8.86. The first-order valence-corrected chi connectivity index (χ1v) is 13.6. The molecule has 1 fully saturated rings. The summed E-state index contributed by atoms with van der Waals surface area (Å²) in [6.07, 6.45) is 8.71. The third-order valence-corrected chi connectivity index (χ3v) is 7.93. The molecular weight excluding hydrogens is 448 g/mol. The fraction of sp³-hybridized carbons (Fsp3) is 0.400. The summed E-state index contributed by atoms with van der Waals surface area (Å²) in [4.78, 5) is 7.24. The molecular formula is C25H30N6O2S. The van der Waals surface area contributed by atoms with Gasteiger partial charge in [0.1, 0.15) is 0 Å². The highest BCUT2D eigenvalue weighted by molar-refractivity contribution is 7.89. The number of benzene rings is 1. The van der Waals surface area contributed by atoms with Crippen molar-refractivity contribution in [3.05, 3.63) is 71.8 Å². The van der Waals surface area contributed by atoms with Crippen LogP contribution >= 0.6 is 0 Å². The van der Waals surface area contributed by atoms with E-state index < -0.39 is 10.0 Å². The van der Waals surface area contributed by atoms with Gasteiger partial charge in [0.05, 0.1) is 23.8 Å². The van der Waals surface area contributed by atoms with Crippen molar-refractivity contribution in [2.24, 2.45) is 0 Å². The highest BCUT2D eigenvalue weighted by Gasteiger charge is 2.16. The number of fused-ring (bicyclic) bond motifs is 1. The maximum atomic E-state index is 12.1. The highest BCUT2D eigenvalue weighted by Crippen LogP contribution is 2.21. The van der Waals surface area contributed by atoms with Crippen LogP contribution in [0.3, 0.4) is 0 Å². The average molecular weight is 479 g/mol. The molecule has 0 N–H and O–H groups in total. The third-order valence-electron chi connectivity index (χ3n) is 6.43. The van der Waals surface area contributed by atoms with Crippen LogP contribution in [0.2, 0.25) is 0 Å². The van der Waals surface area contributed by atoms with Crippen molar-refractivity contribution >= 4 is 15.7 Å². The van der Waals surface area contributed by atoms with Gasteiger partial charge in [-0.05, 0) is 75.5 Å². The molecule has 1 aromatic carbocycles. The molecule has 0 radical (unpaired) electrons. The molecule has 1 aliphatic rings. The Balaban J connectivity index is 1.29. The van der Waals surface area contributed by atoms with Gasteiger partial charge in [-0.25, -0.2) is 17.9 Å². The molecule has 9 heteroatoms. The number of hydrogen-bond acceptors (Lipinski definition) is 6. The van der Waals surface area contributed by atoms with E-state index in [4.69, 9.17) is 5.10 Å². The molecule has 8 nitrogen and oxygen atoms in total. The molecule has 3 aromatic heterocycles. The van der Waals surface area contributed by atoms with Gasteiger partial charge in [0, 0.05) is 12.0 Å². The summed E-state index contributed by atoms with van der Waals surface area (Å²) in [6, 6.07) is 14.4. The molecule has 4 aromatic rings. The third kappa shape index (κ3) is 4.90. The smallest absolute Gasteiger partial charge is 0.253 e. The first kappa shape index (κ1) is 22.7. The number of hydrogen-bond donors (Lipinski definition) is 0. The first-order chi connectivity index (χ1) is 16.5. The van der Waals surface area contributed by atoms with Crippen molar-refractivity contribution in [2.45, 2.75) is 39.0 Å². The summed E-state index contributed by atoms with van der Waals surface area (Å²) in [7, 11) is -3.43. The predicted molar refractivity (Wildman–Crippen MR) is 132 cm³/mol. The lowest BCUT2D eigenvalue weighted by Crippen LogP contribution is -2.20. The zero-order chi connectivity index (χ0) is 23.5. The zero-order valence-corrected chi connectivity index (χ0v) is 20.3. The summed E-state index contributed by atoms with van der Waals surface area (Å²) >= 11 is 0. The van der Waals surface area contributed by atoms with Crippen LogP contribution in [0.1, 0.15) is 43.1 Å². The Labute approximate surface area is 200 Å². The molecule has 0 atom stereocenters. The largest absolute Gasteiger partial charge is 0.303 e. The van der Waals surface area contributed by atoms with E-state index in [9.17, 15) is 8.42 Å². The van der Waals surface area contributed by atoms with E-state index in [1.165, 1.54) is 56.2 Å². The van der Waals surface area contributed by atoms with E-state index in [-0.39, 0.29) is 5.75 Å². The molecule has 1 saturated heterocycles. The summed E-state index contributed by atoms with van der Waals surface area (Å²) in [5.41, 5.74) is 4.69. The number of aromatic nitrogens is 5. The zero-order valence-electron chi connectivity index (χ0n) is 19.5. The number of likely N-dealkylation sites (tertiary alicyclic amines) is 1. The normalized spacial score (nSPS) is 14.9. The van der Waals surface area contributed by atoms with Gasteiger partial charge in [-0.1, -0.05) is 30.3 Å². The van der Waals surface area contributed by atoms with Crippen LogP contribution in [-0.2, 0) is 22.9 Å². The molecule has 0 saturated carbocycles. The molecule has 0 bridgehead atoms. The van der Waals surface area contributed by atoms with Crippen LogP contribution in [0.5, 0.6) is 0 Å². The Morgan fingerprint density at radius 2 is 1.76 bits per heavy atom. The molecule has 4 heterocycles. The van der Waals surface area contributed by atoms with Crippen LogP contribution in [0.15, 0.2) is 54.9 Å². The van der Waals surface area contributed by atoms with E-state index in [2.05, 4.69) is 39.2 Å².